The first-order chi connectivity index (χ1) is 15.5. The molecule has 0 nitrogen and oxygen atoms in total. The summed E-state index contributed by atoms with van der Waals surface area (Å²) in [4.78, 5) is 0. The number of hydrogen-bond donors (Lipinski definition) is 0. The van der Waals surface area contributed by atoms with Crippen molar-refractivity contribution >= 4 is 5.83 Å². The smallest absolute Gasteiger partial charge is 0.164 e. The molecule has 1 aliphatic rings. The highest BCUT2D eigenvalue weighted by Crippen LogP contribution is 2.35. The van der Waals surface area contributed by atoms with Crippen LogP contribution in [0, 0.1) is 17.7 Å². The van der Waals surface area contributed by atoms with Gasteiger partial charge in [-0.3, -0.25) is 0 Å². The molecular formula is C29H33F3. The Hall–Kier alpha value is -2.47. The zero-order valence-corrected chi connectivity index (χ0v) is 19.2. The molecule has 1 aliphatic carbocycles. The Kier molecular flexibility index (Phi) is 9.03. The topological polar surface area (TPSA) is 0 Å². The van der Waals surface area contributed by atoms with Crippen molar-refractivity contribution in [1.29, 1.82) is 0 Å². The quantitative estimate of drug-likeness (QED) is 0.378. The van der Waals surface area contributed by atoms with Gasteiger partial charge in [-0.15, -0.1) is 0 Å². The number of aryl methyl sites for hydroxylation is 1. The van der Waals surface area contributed by atoms with E-state index >= 15 is 0 Å². The van der Waals surface area contributed by atoms with Crippen molar-refractivity contribution < 1.29 is 13.2 Å². The molecule has 0 spiro atoms. The Morgan fingerprint density at radius 2 is 1.72 bits per heavy atom. The van der Waals surface area contributed by atoms with Crippen LogP contribution in [0.1, 0.15) is 105 Å². The van der Waals surface area contributed by atoms with Gasteiger partial charge >= 0.3 is 0 Å². The number of benzene rings is 2. The predicted molar refractivity (Wildman–Crippen MR) is 127 cm³/mol. The van der Waals surface area contributed by atoms with E-state index in [9.17, 15) is 13.2 Å². The molecule has 0 saturated heterocycles. The zero-order valence-electron chi connectivity index (χ0n) is 19.2. The van der Waals surface area contributed by atoms with Gasteiger partial charge in [0.25, 0.3) is 0 Å². The van der Waals surface area contributed by atoms with E-state index in [0.717, 1.165) is 24.8 Å². The molecule has 0 bridgehead atoms. The van der Waals surface area contributed by atoms with Crippen molar-refractivity contribution in [3.8, 4) is 11.8 Å². The van der Waals surface area contributed by atoms with Crippen LogP contribution in [0.2, 0.25) is 0 Å². The van der Waals surface area contributed by atoms with Gasteiger partial charge in [-0.25, -0.2) is 13.2 Å². The van der Waals surface area contributed by atoms with E-state index in [1.54, 1.807) is 6.07 Å². The molecule has 0 atom stereocenters. The number of allylic oxidation sites excluding steroid dienone is 1. The summed E-state index contributed by atoms with van der Waals surface area (Å²) in [5.74, 6) is 4.00. The summed E-state index contributed by atoms with van der Waals surface area (Å²) in [5.41, 5.74) is 3.74. The maximum atomic E-state index is 14.5. The van der Waals surface area contributed by atoms with Crippen LogP contribution in [0.3, 0.4) is 0 Å². The summed E-state index contributed by atoms with van der Waals surface area (Å²) in [6.07, 6.45) is 9.57. The van der Waals surface area contributed by atoms with Gasteiger partial charge in [-0.1, -0.05) is 69.9 Å². The monoisotopic (exact) mass is 438 g/mol. The third kappa shape index (κ3) is 6.28. The molecule has 0 radical (unpaired) electrons. The fourth-order valence-corrected chi connectivity index (χ4v) is 4.42. The van der Waals surface area contributed by atoms with Gasteiger partial charge in [-0.2, -0.15) is 0 Å². The first kappa shape index (κ1) is 24.2. The van der Waals surface area contributed by atoms with E-state index in [1.807, 2.05) is 6.92 Å². The van der Waals surface area contributed by atoms with Gasteiger partial charge in [0.1, 0.15) is 11.6 Å². The Morgan fingerprint density at radius 1 is 0.938 bits per heavy atom. The molecule has 32 heavy (non-hydrogen) atoms. The molecule has 1 fully saturated rings. The van der Waals surface area contributed by atoms with E-state index in [1.165, 1.54) is 55.4 Å². The molecule has 2 aromatic carbocycles. The van der Waals surface area contributed by atoms with Crippen molar-refractivity contribution in [2.24, 2.45) is 0 Å². The Bertz CT molecular complexity index is 1000. The highest BCUT2D eigenvalue weighted by atomic mass is 19.2. The first-order valence-electron chi connectivity index (χ1n) is 12.0. The van der Waals surface area contributed by atoms with Crippen LogP contribution in [0.4, 0.5) is 13.2 Å². The lowest BCUT2D eigenvalue weighted by Crippen LogP contribution is -2.07. The summed E-state index contributed by atoms with van der Waals surface area (Å²) < 4.78 is 42.7. The lowest BCUT2D eigenvalue weighted by molar-refractivity contribution is 0.443. The average Bonchev–Trinajstić information content (AvgIpc) is 2.82. The summed E-state index contributed by atoms with van der Waals surface area (Å²) in [5, 5.41) is 0. The lowest BCUT2D eigenvalue weighted by atomic mass is 9.81. The van der Waals surface area contributed by atoms with Crippen molar-refractivity contribution in [3.05, 3.63) is 75.9 Å². The van der Waals surface area contributed by atoms with Crippen LogP contribution in [-0.2, 0) is 6.42 Å². The normalized spacial score (nSPS) is 15.2. The Morgan fingerprint density at radius 3 is 2.41 bits per heavy atom. The molecule has 0 heterocycles. The van der Waals surface area contributed by atoms with E-state index in [2.05, 4.69) is 37.0 Å². The van der Waals surface area contributed by atoms with Crippen molar-refractivity contribution in [2.75, 3.05) is 0 Å². The van der Waals surface area contributed by atoms with Crippen LogP contribution in [-0.4, -0.2) is 0 Å². The van der Waals surface area contributed by atoms with Gasteiger partial charge < -0.3 is 0 Å². The third-order valence-electron chi connectivity index (χ3n) is 6.23. The molecule has 0 amide bonds. The largest absolute Gasteiger partial charge is 0.209 e. The maximum absolute atomic E-state index is 14.5. The Labute approximate surface area is 190 Å². The SMILES string of the molecule is CCCCC(F)=C(F)c1ccc(C#Cc2ccc(CCC)cc2C2CCCCC2)cc1F. The average molecular weight is 439 g/mol. The molecule has 0 unspecified atom stereocenters. The van der Waals surface area contributed by atoms with Gasteiger partial charge in [-0.05, 0) is 67.0 Å². The zero-order chi connectivity index (χ0) is 22.9. The predicted octanol–water partition coefficient (Wildman–Crippen LogP) is 9.02. The fraction of sp³-hybridized carbons (Fsp3) is 0.448. The molecular weight excluding hydrogens is 405 g/mol. The van der Waals surface area contributed by atoms with Crippen LogP contribution in [0.25, 0.3) is 5.83 Å². The second kappa shape index (κ2) is 12.0. The molecule has 0 aromatic heterocycles. The maximum Gasteiger partial charge on any atom is 0.164 e. The second-order valence-corrected chi connectivity index (χ2v) is 8.77. The van der Waals surface area contributed by atoms with E-state index in [0.29, 0.717) is 17.9 Å². The molecule has 0 N–H and O–H groups in total. The number of hydrogen-bond acceptors (Lipinski definition) is 0. The van der Waals surface area contributed by atoms with Gasteiger partial charge in [0, 0.05) is 23.1 Å². The summed E-state index contributed by atoms with van der Waals surface area (Å²) in [7, 11) is 0. The number of unbranched alkanes of at least 4 members (excludes halogenated alkanes) is 1. The molecule has 1 saturated carbocycles. The summed E-state index contributed by atoms with van der Waals surface area (Å²) >= 11 is 0. The minimum Gasteiger partial charge on any atom is -0.209 e. The van der Waals surface area contributed by atoms with E-state index in [-0.39, 0.29) is 12.0 Å². The standard InChI is InChI=1S/C29H33F3/c1-3-5-12-27(30)29(32)25-18-15-22(20-28(25)31)14-17-24-16-13-21(9-4-2)19-26(24)23-10-7-6-8-11-23/h13,15-16,18-20,23H,3-12H2,1-2H3. The van der Waals surface area contributed by atoms with Crippen LogP contribution < -0.4 is 0 Å². The third-order valence-corrected chi connectivity index (χ3v) is 6.23. The van der Waals surface area contributed by atoms with Crippen LogP contribution >= 0.6 is 0 Å². The van der Waals surface area contributed by atoms with E-state index in [4.69, 9.17) is 0 Å². The minimum atomic E-state index is -1.11. The lowest BCUT2D eigenvalue weighted by Gasteiger charge is -2.23. The molecule has 3 heteroatoms. The van der Waals surface area contributed by atoms with Crippen LogP contribution in [0.5, 0.6) is 0 Å². The van der Waals surface area contributed by atoms with Crippen LogP contribution in [0.15, 0.2) is 42.2 Å². The molecule has 170 valence electrons. The van der Waals surface area contributed by atoms with Crippen molar-refractivity contribution in [1.82, 2.24) is 0 Å². The molecule has 0 aliphatic heterocycles. The van der Waals surface area contributed by atoms with Gasteiger partial charge in [0.15, 0.2) is 5.83 Å². The second-order valence-electron chi connectivity index (χ2n) is 8.77. The fourth-order valence-electron chi connectivity index (χ4n) is 4.42. The molecule has 2 aromatic rings. The number of rotatable bonds is 7. The number of halogens is 3. The Balaban J connectivity index is 1.88. The van der Waals surface area contributed by atoms with E-state index < -0.39 is 17.5 Å². The summed E-state index contributed by atoms with van der Waals surface area (Å²) in [6, 6.07) is 10.5. The van der Waals surface area contributed by atoms with Gasteiger partial charge in [0.05, 0.1) is 0 Å². The van der Waals surface area contributed by atoms with Gasteiger partial charge in [0.2, 0.25) is 0 Å². The molecule has 3 rings (SSSR count). The highest BCUT2D eigenvalue weighted by Gasteiger charge is 2.18. The van der Waals surface area contributed by atoms with Crippen molar-refractivity contribution in [2.45, 2.75) is 84.0 Å². The highest BCUT2D eigenvalue weighted by molar-refractivity contribution is 5.62. The first-order valence-corrected chi connectivity index (χ1v) is 12.0. The summed E-state index contributed by atoms with van der Waals surface area (Å²) in [6.45, 7) is 4.08. The minimum absolute atomic E-state index is 0.0126. The van der Waals surface area contributed by atoms with Crippen molar-refractivity contribution in [3.63, 3.8) is 0 Å².